The molecule has 0 fully saturated rings. The van der Waals surface area contributed by atoms with Gasteiger partial charge in [0.1, 0.15) is 4.83 Å². The Balaban J connectivity index is 1.38. The number of amides is 1. The van der Waals surface area contributed by atoms with Crippen LogP contribution in [0.3, 0.4) is 0 Å². The number of aryl methyl sites for hydroxylation is 1. The molecule has 0 saturated heterocycles. The van der Waals surface area contributed by atoms with E-state index in [1.807, 2.05) is 60.7 Å². The number of carbonyl (C=O) groups excluding carboxylic acids is 1. The summed E-state index contributed by atoms with van der Waals surface area (Å²) in [6, 6.07) is 18.0. The number of aromatic nitrogens is 4. The second-order valence-electron chi connectivity index (χ2n) is 11.0. The highest BCUT2D eigenvalue weighted by Crippen LogP contribution is 2.37. The van der Waals surface area contributed by atoms with Gasteiger partial charge in [-0.15, -0.1) is 21.5 Å². The molecule has 0 unspecified atom stereocenters. The van der Waals surface area contributed by atoms with E-state index in [-0.39, 0.29) is 29.4 Å². The lowest BCUT2D eigenvalue weighted by Crippen LogP contribution is -2.35. The minimum absolute atomic E-state index is 0.00299. The van der Waals surface area contributed by atoms with Crippen molar-refractivity contribution in [2.45, 2.75) is 64.4 Å². The van der Waals surface area contributed by atoms with Gasteiger partial charge in [0, 0.05) is 17.3 Å². The van der Waals surface area contributed by atoms with Crippen molar-refractivity contribution < 1.29 is 9.53 Å². The molecule has 6 rings (SSSR count). The second kappa shape index (κ2) is 11.4. The molecule has 2 aromatic carbocycles. The maximum atomic E-state index is 14.2. The Morgan fingerprint density at radius 3 is 2.71 bits per heavy atom. The van der Waals surface area contributed by atoms with Gasteiger partial charge in [0.2, 0.25) is 11.7 Å². The molecule has 212 valence electrons. The first-order chi connectivity index (χ1) is 19.8. The van der Waals surface area contributed by atoms with Crippen LogP contribution in [0.25, 0.3) is 21.7 Å². The van der Waals surface area contributed by atoms with Gasteiger partial charge in [-0.2, -0.15) is 0 Å². The van der Waals surface area contributed by atoms with Crippen molar-refractivity contribution in [1.82, 2.24) is 24.5 Å². The molecule has 1 aliphatic rings. The average molecular weight is 588 g/mol. The summed E-state index contributed by atoms with van der Waals surface area (Å²) in [5.41, 5.74) is 3.92. The summed E-state index contributed by atoms with van der Waals surface area (Å²) in [6.45, 7) is 8.79. The van der Waals surface area contributed by atoms with E-state index in [1.54, 1.807) is 15.9 Å². The van der Waals surface area contributed by atoms with Gasteiger partial charge in [-0.3, -0.25) is 9.59 Å². The van der Waals surface area contributed by atoms with Crippen LogP contribution in [0.15, 0.2) is 64.5 Å². The Labute approximate surface area is 246 Å². The molecule has 1 aliphatic heterocycles. The monoisotopic (exact) mass is 587 g/mol. The maximum absolute atomic E-state index is 14.2. The topological polar surface area (TPSA) is 90.5 Å². The zero-order valence-electron chi connectivity index (χ0n) is 23.6. The fraction of sp³-hybridized carbons (Fsp3) is 0.355. The Bertz CT molecular complexity index is 1790. The molecule has 1 amide bonds. The lowest BCUT2D eigenvalue weighted by atomic mass is 9.96. The Morgan fingerprint density at radius 1 is 1.15 bits per heavy atom. The molecule has 0 bridgehead atoms. The molecule has 0 radical (unpaired) electrons. The zero-order valence-corrected chi connectivity index (χ0v) is 25.2. The van der Waals surface area contributed by atoms with Gasteiger partial charge in [0.25, 0.3) is 5.56 Å². The van der Waals surface area contributed by atoms with Crippen LogP contribution in [-0.2, 0) is 29.0 Å². The van der Waals surface area contributed by atoms with Crippen molar-refractivity contribution in [3.63, 3.8) is 0 Å². The van der Waals surface area contributed by atoms with E-state index >= 15 is 0 Å². The molecule has 5 aromatic rings. The van der Waals surface area contributed by atoms with Crippen LogP contribution in [0.1, 0.15) is 42.3 Å². The fourth-order valence-corrected chi connectivity index (χ4v) is 7.47. The molecular formula is C31H33N5O3S2. The number of benzene rings is 2. The minimum Gasteiger partial charge on any atom is -0.372 e. The van der Waals surface area contributed by atoms with Crippen LogP contribution in [-0.4, -0.2) is 43.0 Å². The molecule has 0 spiro atoms. The molecule has 3 aromatic heterocycles. The summed E-state index contributed by atoms with van der Waals surface area (Å²) in [5, 5.41) is 13.3. The van der Waals surface area contributed by atoms with Gasteiger partial charge in [-0.1, -0.05) is 68.1 Å². The van der Waals surface area contributed by atoms with Crippen molar-refractivity contribution >= 4 is 45.0 Å². The third kappa shape index (κ3) is 5.43. The Hall–Kier alpha value is -3.47. The van der Waals surface area contributed by atoms with Crippen LogP contribution in [0, 0.1) is 12.8 Å². The van der Waals surface area contributed by atoms with E-state index in [0.29, 0.717) is 35.3 Å². The third-order valence-corrected chi connectivity index (χ3v) is 9.59. The summed E-state index contributed by atoms with van der Waals surface area (Å²) >= 11 is 2.89. The number of nitrogens with one attached hydrogen (secondary N) is 1. The molecule has 1 N–H and O–H groups in total. The van der Waals surface area contributed by atoms with E-state index in [2.05, 4.69) is 41.5 Å². The van der Waals surface area contributed by atoms with Gasteiger partial charge in [0.05, 0.1) is 29.5 Å². The minimum atomic E-state index is -0.101. The molecule has 4 heterocycles. The van der Waals surface area contributed by atoms with Crippen LogP contribution in [0.5, 0.6) is 0 Å². The van der Waals surface area contributed by atoms with E-state index in [4.69, 9.17) is 4.74 Å². The normalized spacial score (nSPS) is 15.9. The van der Waals surface area contributed by atoms with Crippen molar-refractivity contribution in [3.05, 3.63) is 86.5 Å². The van der Waals surface area contributed by atoms with Crippen molar-refractivity contribution in [2.24, 2.45) is 5.92 Å². The average Bonchev–Trinajstić information content (AvgIpc) is 3.54. The number of rotatable bonds is 8. The predicted molar refractivity (Wildman–Crippen MR) is 164 cm³/mol. The molecule has 0 aliphatic carbocycles. The molecular weight excluding hydrogens is 555 g/mol. The zero-order chi connectivity index (χ0) is 28.7. The summed E-state index contributed by atoms with van der Waals surface area (Å²) < 4.78 is 9.75. The molecule has 0 saturated carbocycles. The smallest absolute Gasteiger partial charge is 0.268 e. The second-order valence-corrected chi connectivity index (χ2v) is 13.1. The lowest BCUT2D eigenvalue weighted by Gasteiger charge is -2.26. The van der Waals surface area contributed by atoms with Gasteiger partial charge >= 0.3 is 0 Å². The summed E-state index contributed by atoms with van der Waals surface area (Å²) in [6.07, 6.45) is 1.50. The molecule has 10 heteroatoms. The Kier molecular flexibility index (Phi) is 7.72. The van der Waals surface area contributed by atoms with E-state index < -0.39 is 0 Å². The van der Waals surface area contributed by atoms with Gasteiger partial charge < -0.3 is 10.1 Å². The van der Waals surface area contributed by atoms with Crippen LogP contribution < -0.4 is 10.9 Å². The quantitative estimate of drug-likeness (QED) is 0.247. The SMILES string of the molecule is Cc1cccc(-n2c(=O)c3c4c(sc3n3c(SCC(=O)N[C@H](C)Cc5ccccc5)nnc23)CO[C@@H](C(C)C)C4)c1. The number of hydrogen-bond donors (Lipinski definition) is 1. The summed E-state index contributed by atoms with van der Waals surface area (Å²) in [4.78, 5) is 29.0. The Morgan fingerprint density at radius 2 is 1.95 bits per heavy atom. The van der Waals surface area contributed by atoms with Crippen molar-refractivity contribution in [2.75, 3.05) is 5.75 Å². The number of carbonyl (C=O) groups is 1. The maximum Gasteiger partial charge on any atom is 0.268 e. The highest BCUT2D eigenvalue weighted by molar-refractivity contribution is 7.99. The highest BCUT2D eigenvalue weighted by atomic mass is 32.2. The first kappa shape index (κ1) is 27.7. The number of fused-ring (bicyclic) bond motifs is 5. The standard InChI is InChI=1S/C31H33N5O3S2/c1-18(2)24-15-23-25(16-39-24)41-29-27(23)28(38)35(22-12-8-9-19(3)13-22)30-33-34-31(36(29)30)40-17-26(37)32-20(4)14-21-10-6-5-7-11-21/h5-13,18,20,24H,14-17H2,1-4H3,(H,32,37)/t20-,24-/m1/s1. The lowest BCUT2D eigenvalue weighted by molar-refractivity contribution is -0.119. The number of nitrogens with zero attached hydrogens (tertiary/aromatic N) is 4. The number of hydrogen-bond acceptors (Lipinski definition) is 7. The summed E-state index contributed by atoms with van der Waals surface area (Å²) in [7, 11) is 0. The third-order valence-electron chi connectivity index (χ3n) is 7.47. The van der Waals surface area contributed by atoms with E-state index in [0.717, 1.165) is 32.9 Å². The first-order valence-electron chi connectivity index (χ1n) is 13.9. The van der Waals surface area contributed by atoms with E-state index in [9.17, 15) is 9.59 Å². The molecule has 41 heavy (non-hydrogen) atoms. The first-order valence-corrected chi connectivity index (χ1v) is 15.7. The van der Waals surface area contributed by atoms with Crippen LogP contribution in [0.2, 0.25) is 0 Å². The van der Waals surface area contributed by atoms with Crippen molar-refractivity contribution in [3.8, 4) is 5.69 Å². The predicted octanol–water partition coefficient (Wildman–Crippen LogP) is 5.34. The number of thioether (sulfide) groups is 1. The summed E-state index contributed by atoms with van der Waals surface area (Å²) in [5.74, 6) is 0.893. The molecule has 2 atom stereocenters. The largest absolute Gasteiger partial charge is 0.372 e. The fourth-order valence-electron chi connectivity index (χ4n) is 5.43. The van der Waals surface area contributed by atoms with Gasteiger partial charge in [-0.05, 0) is 55.0 Å². The highest BCUT2D eigenvalue weighted by Gasteiger charge is 2.30. The number of ether oxygens (including phenoxy) is 1. The van der Waals surface area contributed by atoms with Gasteiger partial charge in [0.15, 0.2) is 5.16 Å². The van der Waals surface area contributed by atoms with Crippen LogP contribution in [0.4, 0.5) is 0 Å². The van der Waals surface area contributed by atoms with Gasteiger partial charge in [-0.25, -0.2) is 8.97 Å². The van der Waals surface area contributed by atoms with Crippen LogP contribution >= 0.6 is 23.1 Å². The molecule has 8 nitrogen and oxygen atoms in total. The van der Waals surface area contributed by atoms with E-state index in [1.165, 1.54) is 17.3 Å². The number of thiophene rings is 1. The van der Waals surface area contributed by atoms with Crippen molar-refractivity contribution in [1.29, 1.82) is 0 Å².